The SMILES string of the molecule is O=C(CCC(=O)N1C[C@@H]2C[C@@H](C1)c1cccc(=O)n1C2)NCCc1ccccc1. The molecule has 2 atom stereocenters. The van der Waals surface area contributed by atoms with Gasteiger partial charge in [-0.15, -0.1) is 0 Å². The first-order valence-electron chi connectivity index (χ1n) is 10.4. The Morgan fingerprint density at radius 3 is 2.62 bits per heavy atom. The number of amides is 2. The van der Waals surface area contributed by atoms with Gasteiger partial charge in [0.15, 0.2) is 0 Å². The van der Waals surface area contributed by atoms with Crippen LogP contribution in [-0.4, -0.2) is 40.9 Å². The Morgan fingerprint density at radius 2 is 1.79 bits per heavy atom. The third kappa shape index (κ3) is 4.58. The number of piperidine rings is 1. The Bertz CT molecular complexity index is 938. The molecule has 4 rings (SSSR count). The molecular formula is C23H27N3O3. The third-order valence-corrected chi connectivity index (χ3v) is 5.98. The number of rotatable bonds is 6. The van der Waals surface area contributed by atoms with Crippen molar-refractivity contribution in [1.82, 2.24) is 14.8 Å². The second-order valence-electron chi connectivity index (χ2n) is 8.08. The van der Waals surface area contributed by atoms with Crippen LogP contribution < -0.4 is 10.9 Å². The molecule has 0 unspecified atom stereocenters. The van der Waals surface area contributed by atoms with E-state index < -0.39 is 0 Å². The first-order valence-corrected chi connectivity index (χ1v) is 10.4. The Hall–Kier alpha value is -2.89. The fraction of sp³-hybridized carbons (Fsp3) is 0.435. The molecule has 1 aromatic heterocycles. The number of carbonyl (C=O) groups is 2. The van der Waals surface area contributed by atoms with Gasteiger partial charge in [-0.25, -0.2) is 0 Å². The molecule has 2 bridgehead atoms. The predicted molar refractivity (Wildman–Crippen MR) is 111 cm³/mol. The summed E-state index contributed by atoms with van der Waals surface area (Å²) >= 11 is 0. The van der Waals surface area contributed by atoms with Crippen molar-refractivity contribution in [1.29, 1.82) is 0 Å². The molecule has 0 saturated carbocycles. The van der Waals surface area contributed by atoms with E-state index >= 15 is 0 Å². The van der Waals surface area contributed by atoms with Crippen LogP contribution in [0.25, 0.3) is 0 Å². The lowest BCUT2D eigenvalue weighted by molar-refractivity contribution is -0.136. The summed E-state index contributed by atoms with van der Waals surface area (Å²) in [5, 5.41) is 2.90. The third-order valence-electron chi connectivity index (χ3n) is 5.98. The van der Waals surface area contributed by atoms with Crippen LogP contribution >= 0.6 is 0 Å². The van der Waals surface area contributed by atoms with Gasteiger partial charge in [0.1, 0.15) is 0 Å². The molecule has 2 amide bonds. The standard InChI is InChI=1S/C23H27N3O3/c27-21(24-12-11-17-5-2-1-3-6-17)9-10-22(28)25-14-18-13-19(16-25)20-7-4-8-23(29)26(20)15-18/h1-8,18-19H,9-16H2,(H,24,27)/t18-,19-/m0/s1. The number of fused-ring (bicyclic) bond motifs is 4. The minimum atomic E-state index is -0.0802. The zero-order chi connectivity index (χ0) is 20.2. The van der Waals surface area contributed by atoms with Crippen molar-refractivity contribution in [3.8, 4) is 0 Å². The quantitative estimate of drug-likeness (QED) is 0.815. The van der Waals surface area contributed by atoms with Crippen LogP contribution in [-0.2, 0) is 22.6 Å². The summed E-state index contributed by atoms with van der Waals surface area (Å²) in [5.41, 5.74) is 2.26. The second kappa shape index (κ2) is 8.64. The van der Waals surface area contributed by atoms with Gasteiger partial charge < -0.3 is 14.8 Å². The predicted octanol–water partition coefficient (Wildman–Crippen LogP) is 1.93. The van der Waals surface area contributed by atoms with Gasteiger partial charge in [-0.05, 0) is 30.4 Å². The van der Waals surface area contributed by atoms with Crippen LogP contribution in [0.5, 0.6) is 0 Å². The minimum absolute atomic E-state index is 0.0321. The van der Waals surface area contributed by atoms with E-state index in [1.165, 1.54) is 5.56 Å². The highest BCUT2D eigenvalue weighted by atomic mass is 16.2. The van der Waals surface area contributed by atoms with Crippen molar-refractivity contribution < 1.29 is 9.59 Å². The highest BCUT2D eigenvalue weighted by Crippen LogP contribution is 2.35. The first-order chi connectivity index (χ1) is 14.1. The van der Waals surface area contributed by atoms with Crippen molar-refractivity contribution in [2.75, 3.05) is 19.6 Å². The number of nitrogens with zero attached hydrogens (tertiary/aromatic N) is 2. The van der Waals surface area contributed by atoms with Crippen LogP contribution in [0.2, 0.25) is 0 Å². The number of hydrogen-bond acceptors (Lipinski definition) is 3. The number of pyridine rings is 1. The molecule has 6 heteroatoms. The zero-order valence-corrected chi connectivity index (χ0v) is 16.5. The average Bonchev–Trinajstić information content (AvgIpc) is 2.73. The zero-order valence-electron chi connectivity index (χ0n) is 16.5. The summed E-state index contributed by atoms with van der Waals surface area (Å²) in [4.78, 5) is 38.8. The number of nitrogens with one attached hydrogen (secondary N) is 1. The largest absolute Gasteiger partial charge is 0.356 e. The number of likely N-dealkylation sites (tertiary alicyclic amines) is 1. The summed E-state index contributed by atoms with van der Waals surface area (Å²) in [6.45, 7) is 2.56. The van der Waals surface area contributed by atoms with Gasteiger partial charge in [0.05, 0.1) is 0 Å². The monoisotopic (exact) mass is 393 g/mol. The van der Waals surface area contributed by atoms with Gasteiger partial charge in [0.25, 0.3) is 5.56 Å². The molecule has 1 aromatic carbocycles. The Balaban J connectivity index is 1.25. The normalized spacial score (nSPS) is 20.1. The Labute approximate surface area is 170 Å². The summed E-state index contributed by atoms with van der Waals surface area (Å²) in [7, 11) is 0. The van der Waals surface area contributed by atoms with E-state index in [9.17, 15) is 14.4 Å². The molecule has 29 heavy (non-hydrogen) atoms. The van der Waals surface area contributed by atoms with Crippen molar-refractivity contribution in [2.45, 2.75) is 38.1 Å². The van der Waals surface area contributed by atoms with E-state index in [-0.39, 0.29) is 36.1 Å². The van der Waals surface area contributed by atoms with Crippen LogP contribution in [0.4, 0.5) is 0 Å². The fourth-order valence-corrected chi connectivity index (χ4v) is 4.56. The number of aromatic nitrogens is 1. The molecule has 3 heterocycles. The lowest BCUT2D eigenvalue weighted by Gasteiger charge is -2.42. The highest BCUT2D eigenvalue weighted by molar-refractivity contribution is 5.83. The molecular weight excluding hydrogens is 366 g/mol. The number of hydrogen-bond donors (Lipinski definition) is 1. The molecule has 1 N–H and O–H groups in total. The Morgan fingerprint density at radius 1 is 0.966 bits per heavy atom. The van der Waals surface area contributed by atoms with E-state index in [0.717, 1.165) is 18.5 Å². The molecule has 152 valence electrons. The van der Waals surface area contributed by atoms with Gasteiger partial charge in [-0.2, -0.15) is 0 Å². The van der Waals surface area contributed by atoms with Gasteiger partial charge in [0.2, 0.25) is 11.8 Å². The van der Waals surface area contributed by atoms with Crippen LogP contribution in [0.1, 0.15) is 36.4 Å². The van der Waals surface area contributed by atoms with Gasteiger partial charge >= 0.3 is 0 Å². The minimum Gasteiger partial charge on any atom is -0.356 e. The summed E-state index contributed by atoms with van der Waals surface area (Å²) in [6, 6.07) is 15.4. The summed E-state index contributed by atoms with van der Waals surface area (Å²) in [6.07, 6.45) is 2.26. The summed E-state index contributed by atoms with van der Waals surface area (Å²) in [5.74, 6) is 0.470. The second-order valence-corrected chi connectivity index (χ2v) is 8.08. The Kier molecular flexibility index (Phi) is 5.79. The molecule has 2 aliphatic rings. The molecule has 0 radical (unpaired) electrons. The maximum atomic E-state index is 12.7. The molecule has 0 spiro atoms. The van der Waals surface area contributed by atoms with Crippen LogP contribution in [0.15, 0.2) is 53.3 Å². The van der Waals surface area contributed by atoms with E-state index in [4.69, 9.17) is 0 Å². The molecule has 0 aliphatic carbocycles. The topological polar surface area (TPSA) is 71.4 Å². The average molecular weight is 393 g/mol. The number of carbonyl (C=O) groups excluding carboxylic acids is 2. The van der Waals surface area contributed by atoms with Crippen molar-refractivity contribution in [3.63, 3.8) is 0 Å². The number of benzene rings is 1. The van der Waals surface area contributed by atoms with Crippen LogP contribution in [0.3, 0.4) is 0 Å². The molecule has 2 aromatic rings. The van der Waals surface area contributed by atoms with E-state index in [2.05, 4.69) is 5.32 Å². The molecule has 1 fully saturated rings. The van der Waals surface area contributed by atoms with Crippen molar-refractivity contribution >= 4 is 11.8 Å². The van der Waals surface area contributed by atoms with Crippen molar-refractivity contribution in [2.24, 2.45) is 5.92 Å². The maximum Gasteiger partial charge on any atom is 0.250 e. The highest BCUT2D eigenvalue weighted by Gasteiger charge is 2.36. The summed E-state index contributed by atoms with van der Waals surface area (Å²) < 4.78 is 1.86. The first kappa shape index (κ1) is 19.4. The smallest absolute Gasteiger partial charge is 0.250 e. The van der Waals surface area contributed by atoms with E-state index in [0.29, 0.717) is 32.1 Å². The van der Waals surface area contributed by atoms with Gasteiger partial charge in [-0.3, -0.25) is 14.4 Å². The molecule has 1 saturated heterocycles. The fourth-order valence-electron chi connectivity index (χ4n) is 4.56. The van der Waals surface area contributed by atoms with Crippen LogP contribution in [0, 0.1) is 5.92 Å². The van der Waals surface area contributed by atoms with Crippen molar-refractivity contribution in [3.05, 3.63) is 70.1 Å². The maximum absolute atomic E-state index is 12.7. The molecule has 2 aliphatic heterocycles. The molecule has 6 nitrogen and oxygen atoms in total. The van der Waals surface area contributed by atoms with Gasteiger partial charge in [-0.1, -0.05) is 36.4 Å². The van der Waals surface area contributed by atoms with E-state index in [1.54, 1.807) is 12.1 Å². The van der Waals surface area contributed by atoms with E-state index in [1.807, 2.05) is 45.9 Å². The lowest BCUT2D eigenvalue weighted by Crippen LogP contribution is -2.49. The van der Waals surface area contributed by atoms with Gasteiger partial charge in [0, 0.05) is 56.7 Å². The lowest BCUT2D eigenvalue weighted by atomic mass is 9.83.